The summed E-state index contributed by atoms with van der Waals surface area (Å²) < 4.78 is 11.0. The molecule has 0 saturated heterocycles. The summed E-state index contributed by atoms with van der Waals surface area (Å²) in [6.07, 6.45) is 0. The van der Waals surface area contributed by atoms with Gasteiger partial charge in [0.2, 0.25) is 0 Å². The summed E-state index contributed by atoms with van der Waals surface area (Å²) in [5.41, 5.74) is 0.729. The molecule has 2 aromatic rings. The second-order valence-electron chi connectivity index (χ2n) is 4.99. The van der Waals surface area contributed by atoms with Crippen LogP contribution in [0, 0.1) is 6.92 Å². The zero-order valence-electron chi connectivity index (χ0n) is 11.4. The van der Waals surface area contributed by atoms with Gasteiger partial charge in [0.05, 0.1) is 0 Å². The van der Waals surface area contributed by atoms with Crippen LogP contribution in [-0.2, 0) is 15.1 Å². The summed E-state index contributed by atoms with van der Waals surface area (Å²) in [6, 6.07) is 5.10. The first-order valence-electron chi connectivity index (χ1n) is 6.27. The highest BCUT2D eigenvalue weighted by Gasteiger charge is 2.40. The summed E-state index contributed by atoms with van der Waals surface area (Å²) in [5, 5.41) is 7.74. The van der Waals surface area contributed by atoms with Crippen LogP contribution < -0.4 is 5.32 Å². The lowest BCUT2D eigenvalue weighted by Gasteiger charge is -2.27. The lowest BCUT2D eigenvalue weighted by atomic mass is 9.91. The fourth-order valence-electron chi connectivity index (χ4n) is 2.35. The second-order valence-corrected chi connectivity index (χ2v) is 5.86. The largest absolute Gasteiger partial charge is 0.359 e. The number of carbonyl (C=O) groups excluding carboxylic acids is 1. The molecule has 1 atom stereocenters. The number of rotatable bonds is 1. The molecular weight excluding hydrogens is 315 g/mol. The highest BCUT2D eigenvalue weighted by Crippen LogP contribution is 2.41. The van der Waals surface area contributed by atoms with Crippen molar-refractivity contribution in [2.75, 3.05) is 11.9 Å². The van der Waals surface area contributed by atoms with Crippen LogP contribution in [0.3, 0.4) is 0 Å². The molecule has 110 valence electrons. The summed E-state index contributed by atoms with van der Waals surface area (Å²) in [5.74, 6) is 0.252. The Balaban J connectivity index is 2.21. The Hall–Kier alpha value is -1.56. The molecule has 0 spiro atoms. The van der Waals surface area contributed by atoms with E-state index in [-0.39, 0.29) is 12.5 Å². The van der Waals surface area contributed by atoms with Gasteiger partial charge in [0.1, 0.15) is 23.6 Å². The van der Waals surface area contributed by atoms with Gasteiger partial charge < -0.3 is 14.6 Å². The zero-order valence-corrected chi connectivity index (χ0v) is 12.9. The average molecular weight is 327 g/mol. The molecule has 0 aliphatic carbocycles. The summed E-state index contributed by atoms with van der Waals surface area (Å²) in [6.45, 7) is 3.43. The highest BCUT2D eigenvalue weighted by molar-refractivity contribution is 6.34. The van der Waals surface area contributed by atoms with E-state index in [9.17, 15) is 4.79 Å². The van der Waals surface area contributed by atoms with Crippen molar-refractivity contribution in [2.45, 2.75) is 19.4 Å². The van der Waals surface area contributed by atoms with E-state index in [2.05, 4.69) is 10.5 Å². The first-order chi connectivity index (χ1) is 9.90. The number of aryl methyl sites for hydroxylation is 1. The number of ether oxygens (including phenoxy) is 1. The molecule has 1 aliphatic rings. The van der Waals surface area contributed by atoms with Crippen LogP contribution in [-0.4, -0.2) is 17.7 Å². The van der Waals surface area contributed by atoms with Crippen molar-refractivity contribution < 1.29 is 14.1 Å². The molecule has 5 nitrogen and oxygen atoms in total. The third kappa shape index (κ3) is 2.41. The van der Waals surface area contributed by atoms with Gasteiger partial charge in [0.15, 0.2) is 5.76 Å². The van der Waals surface area contributed by atoms with E-state index in [0.29, 0.717) is 32.8 Å². The third-order valence-corrected chi connectivity index (χ3v) is 3.92. The number of fused-ring (bicyclic) bond motifs is 1. The molecule has 0 saturated carbocycles. The molecule has 0 bridgehead atoms. The van der Waals surface area contributed by atoms with Crippen LogP contribution in [0.4, 0.5) is 5.69 Å². The van der Waals surface area contributed by atoms with Crippen molar-refractivity contribution in [3.63, 3.8) is 0 Å². The van der Waals surface area contributed by atoms with Crippen LogP contribution in [0.1, 0.15) is 23.9 Å². The third-order valence-electron chi connectivity index (χ3n) is 3.48. The van der Waals surface area contributed by atoms with Crippen molar-refractivity contribution in [3.05, 3.63) is 45.3 Å². The van der Waals surface area contributed by atoms with E-state index in [1.54, 1.807) is 32.0 Å². The van der Waals surface area contributed by atoms with E-state index in [4.69, 9.17) is 32.5 Å². The smallest absolute Gasteiger partial charge is 0.250 e. The van der Waals surface area contributed by atoms with E-state index < -0.39 is 5.60 Å². The Labute approximate surface area is 131 Å². The van der Waals surface area contributed by atoms with E-state index in [0.717, 1.165) is 0 Å². The molecule has 1 aromatic carbocycles. The van der Waals surface area contributed by atoms with Gasteiger partial charge in [0, 0.05) is 10.0 Å². The monoisotopic (exact) mass is 326 g/mol. The minimum atomic E-state index is -0.985. The quantitative estimate of drug-likeness (QED) is 0.870. The van der Waals surface area contributed by atoms with E-state index >= 15 is 0 Å². The van der Waals surface area contributed by atoms with Gasteiger partial charge in [-0.1, -0.05) is 28.4 Å². The number of anilines is 1. The number of nitrogens with zero attached hydrogens (tertiary/aromatic N) is 1. The molecule has 2 heterocycles. The van der Waals surface area contributed by atoms with Crippen LogP contribution in [0.15, 0.2) is 22.7 Å². The Morgan fingerprint density at radius 1 is 1.29 bits per heavy atom. The molecule has 1 amide bonds. The van der Waals surface area contributed by atoms with E-state index in [1.165, 1.54) is 0 Å². The number of hydrogen-bond acceptors (Lipinski definition) is 4. The number of benzene rings is 1. The number of halogens is 2. The fourth-order valence-corrected chi connectivity index (χ4v) is 2.87. The summed E-state index contributed by atoms with van der Waals surface area (Å²) in [7, 11) is 0. The fraction of sp³-hybridized carbons (Fsp3) is 0.286. The van der Waals surface area contributed by atoms with Crippen LogP contribution in [0.25, 0.3) is 0 Å². The number of nitrogens with one attached hydrogen (secondary N) is 1. The lowest BCUT2D eigenvalue weighted by molar-refractivity contribution is -0.124. The molecule has 1 aromatic heterocycles. The maximum Gasteiger partial charge on any atom is 0.250 e. The lowest BCUT2D eigenvalue weighted by Crippen LogP contribution is -2.28. The normalized spacial score (nSPS) is 21.6. The average Bonchev–Trinajstić information content (AvgIpc) is 2.70. The highest BCUT2D eigenvalue weighted by atomic mass is 35.5. The molecule has 1 N–H and O–H groups in total. The number of carbonyl (C=O) groups is 1. The molecule has 1 aliphatic heterocycles. The van der Waals surface area contributed by atoms with Crippen LogP contribution in [0.5, 0.6) is 0 Å². The topological polar surface area (TPSA) is 64.4 Å². The van der Waals surface area contributed by atoms with Crippen molar-refractivity contribution in [1.82, 2.24) is 5.16 Å². The van der Waals surface area contributed by atoms with E-state index in [1.807, 2.05) is 0 Å². The number of hydrogen-bond donors (Lipinski definition) is 1. The predicted molar refractivity (Wildman–Crippen MR) is 78.7 cm³/mol. The van der Waals surface area contributed by atoms with Gasteiger partial charge in [-0.2, -0.15) is 0 Å². The number of aromatic nitrogens is 1. The van der Waals surface area contributed by atoms with Crippen LogP contribution in [0.2, 0.25) is 10.0 Å². The van der Waals surface area contributed by atoms with Gasteiger partial charge in [0.25, 0.3) is 5.91 Å². The SMILES string of the molecule is Cc1onc2c1NC(=O)COC2(C)c1cc(Cl)cc(Cl)c1. The maximum absolute atomic E-state index is 11.8. The van der Waals surface area contributed by atoms with Crippen molar-refractivity contribution in [2.24, 2.45) is 0 Å². The van der Waals surface area contributed by atoms with Gasteiger partial charge in [-0.3, -0.25) is 4.79 Å². The predicted octanol–water partition coefficient (Wildman–Crippen LogP) is 3.52. The Bertz CT molecular complexity index is 709. The molecule has 3 rings (SSSR count). The van der Waals surface area contributed by atoms with Crippen LogP contribution >= 0.6 is 23.2 Å². The Kier molecular flexibility index (Phi) is 3.43. The molecule has 21 heavy (non-hydrogen) atoms. The summed E-state index contributed by atoms with van der Waals surface area (Å²) >= 11 is 12.1. The van der Waals surface area contributed by atoms with Gasteiger partial charge in [-0.25, -0.2) is 0 Å². The minimum absolute atomic E-state index is 0.101. The van der Waals surface area contributed by atoms with Gasteiger partial charge in [-0.05, 0) is 37.6 Å². The minimum Gasteiger partial charge on any atom is -0.359 e. The Morgan fingerprint density at radius 2 is 1.95 bits per heavy atom. The van der Waals surface area contributed by atoms with Gasteiger partial charge >= 0.3 is 0 Å². The molecule has 1 unspecified atom stereocenters. The standard InChI is InChI=1S/C14H12Cl2N2O3/c1-7-12-13(18-21-7)14(2,20-6-11(19)17-12)8-3-9(15)5-10(16)4-8/h3-5H,6H2,1-2H3,(H,17,19). The van der Waals surface area contributed by atoms with Crippen molar-refractivity contribution in [3.8, 4) is 0 Å². The second kappa shape index (κ2) is 5.02. The van der Waals surface area contributed by atoms with Crippen molar-refractivity contribution in [1.29, 1.82) is 0 Å². The molecule has 0 fully saturated rings. The molecule has 0 radical (unpaired) electrons. The Morgan fingerprint density at radius 3 is 2.62 bits per heavy atom. The first kappa shape index (κ1) is 14.4. The maximum atomic E-state index is 11.8. The molecular formula is C14H12Cl2N2O3. The number of amides is 1. The molecule has 7 heteroatoms. The van der Waals surface area contributed by atoms with Gasteiger partial charge in [-0.15, -0.1) is 0 Å². The zero-order chi connectivity index (χ0) is 15.2. The summed E-state index contributed by atoms with van der Waals surface area (Å²) in [4.78, 5) is 11.8. The van der Waals surface area contributed by atoms with Crippen molar-refractivity contribution >= 4 is 34.8 Å². The first-order valence-corrected chi connectivity index (χ1v) is 7.03.